The Morgan fingerprint density at radius 3 is 2.79 bits per heavy atom. The van der Waals surface area contributed by atoms with E-state index in [0.29, 0.717) is 11.5 Å². The fourth-order valence-electron chi connectivity index (χ4n) is 3.79. The molecule has 138 valence electrons. The van der Waals surface area contributed by atoms with Crippen LogP contribution in [0.3, 0.4) is 0 Å². The summed E-state index contributed by atoms with van der Waals surface area (Å²) in [7, 11) is 0. The number of fused-ring (bicyclic) bond motifs is 2. The van der Waals surface area contributed by atoms with Crippen molar-refractivity contribution in [1.29, 1.82) is 0 Å². The van der Waals surface area contributed by atoms with Crippen molar-refractivity contribution in [2.24, 2.45) is 0 Å². The van der Waals surface area contributed by atoms with Gasteiger partial charge < -0.3 is 16.0 Å². The summed E-state index contributed by atoms with van der Waals surface area (Å²) in [6.45, 7) is 0.882. The number of anilines is 5. The van der Waals surface area contributed by atoms with Crippen LogP contribution in [-0.2, 0) is 6.42 Å². The Balaban J connectivity index is 1.55. The third-order valence-electron chi connectivity index (χ3n) is 5.11. The molecule has 0 fully saturated rings. The van der Waals surface area contributed by atoms with Crippen LogP contribution < -0.4 is 16.0 Å². The van der Waals surface area contributed by atoms with Crippen molar-refractivity contribution in [2.75, 3.05) is 22.5 Å². The monoisotopic (exact) mass is 368 g/mol. The average molecular weight is 368 g/mol. The minimum atomic E-state index is 0.534. The Morgan fingerprint density at radius 1 is 0.929 bits per heavy atom. The maximum Gasteiger partial charge on any atom is 0.161 e. The number of hydrogen-bond acceptors (Lipinski definition) is 6. The van der Waals surface area contributed by atoms with E-state index in [4.69, 9.17) is 5.73 Å². The Labute approximate surface area is 163 Å². The number of aryl methyl sites for hydroxylation is 1. The van der Waals surface area contributed by atoms with Crippen LogP contribution in [-0.4, -0.2) is 21.5 Å². The Kier molecular flexibility index (Phi) is 4.01. The van der Waals surface area contributed by atoms with Crippen LogP contribution in [0.2, 0.25) is 0 Å². The number of aromatic nitrogens is 3. The molecule has 0 radical (unpaired) electrons. The van der Waals surface area contributed by atoms with Crippen molar-refractivity contribution < 1.29 is 0 Å². The third-order valence-corrected chi connectivity index (χ3v) is 5.11. The predicted octanol–water partition coefficient (Wildman–Crippen LogP) is 4.43. The van der Waals surface area contributed by atoms with E-state index in [9.17, 15) is 0 Å². The SMILES string of the molecule is Nc1c(Nc2cccc3cccnc23)ncnc1N1CCCc2ccccc21. The number of nitrogens with two attached hydrogens (primary N) is 1. The maximum absolute atomic E-state index is 6.51. The lowest BCUT2D eigenvalue weighted by atomic mass is 10.0. The highest BCUT2D eigenvalue weighted by Gasteiger charge is 2.22. The molecule has 5 rings (SSSR count). The van der Waals surface area contributed by atoms with Crippen molar-refractivity contribution in [3.8, 4) is 0 Å². The molecule has 0 atom stereocenters. The van der Waals surface area contributed by atoms with Gasteiger partial charge in [-0.2, -0.15) is 0 Å². The number of nitrogens with zero attached hydrogens (tertiary/aromatic N) is 4. The molecule has 6 nitrogen and oxygen atoms in total. The first-order chi connectivity index (χ1) is 13.8. The van der Waals surface area contributed by atoms with Gasteiger partial charge in [0.25, 0.3) is 0 Å². The molecular formula is C22H20N6. The van der Waals surface area contributed by atoms with Crippen molar-refractivity contribution in [3.05, 3.63) is 72.7 Å². The molecule has 28 heavy (non-hydrogen) atoms. The summed E-state index contributed by atoms with van der Waals surface area (Å²) >= 11 is 0. The smallest absolute Gasteiger partial charge is 0.161 e. The molecule has 2 aromatic carbocycles. The number of para-hydroxylation sites is 2. The highest BCUT2D eigenvalue weighted by atomic mass is 15.2. The second kappa shape index (κ2) is 6.81. The molecule has 6 heteroatoms. The van der Waals surface area contributed by atoms with E-state index >= 15 is 0 Å². The molecule has 0 aliphatic carbocycles. The van der Waals surface area contributed by atoms with Crippen molar-refractivity contribution in [1.82, 2.24) is 15.0 Å². The third kappa shape index (κ3) is 2.79. The molecule has 1 aliphatic heterocycles. The predicted molar refractivity (Wildman–Crippen MR) is 113 cm³/mol. The normalized spacial score (nSPS) is 13.4. The summed E-state index contributed by atoms with van der Waals surface area (Å²) in [6, 6.07) is 18.4. The lowest BCUT2D eigenvalue weighted by Gasteiger charge is -2.31. The Bertz CT molecular complexity index is 1150. The van der Waals surface area contributed by atoms with Crippen LogP contribution in [0, 0.1) is 0 Å². The van der Waals surface area contributed by atoms with Gasteiger partial charge in [-0.05, 0) is 36.6 Å². The summed E-state index contributed by atoms with van der Waals surface area (Å²) in [5, 5.41) is 4.41. The van der Waals surface area contributed by atoms with Crippen LogP contribution in [0.5, 0.6) is 0 Å². The van der Waals surface area contributed by atoms with E-state index in [2.05, 4.69) is 49.4 Å². The van der Waals surface area contributed by atoms with Crippen LogP contribution in [0.25, 0.3) is 10.9 Å². The first kappa shape index (κ1) is 16.5. The number of pyridine rings is 1. The zero-order valence-electron chi connectivity index (χ0n) is 15.3. The van der Waals surface area contributed by atoms with E-state index in [1.165, 1.54) is 5.56 Å². The molecule has 3 N–H and O–H groups in total. The molecule has 0 saturated carbocycles. The number of rotatable bonds is 3. The van der Waals surface area contributed by atoms with E-state index in [0.717, 1.165) is 47.5 Å². The minimum absolute atomic E-state index is 0.534. The quantitative estimate of drug-likeness (QED) is 0.557. The van der Waals surface area contributed by atoms with E-state index in [1.807, 2.05) is 30.3 Å². The van der Waals surface area contributed by atoms with Gasteiger partial charge >= 0.3 is 0 Å². The summed E-state index contributed by atoms with van der Waals surface area (Å²) < 4.78 is 0. The lowest BCUT2D eigenvalue weighted by molar-refractivity contribution is 0.759. The number of benzene rings is 2. The molecule has 4 aromatic rings. The van der Waals surface area contributed by atoms with Crippen LogP contribution >= 0.6 is 0 Å². The van der Waals surface area contributed by atoms with Crippen molar-refractivity contribution in [2.45, 2.75) is 12.8 Å². The van der Waals surface area contributed by atoms with Gasteiger partial charge in [-0.15, -0.1) is 0 Å². The topological polar surface area (TPSA) is 80.0 Å². The highest BCUT2D eigenvalue weighted by molar-refractivity contribution is 5.93. The molecule has 0 saturated heterocycles. The maximum atomic E-state index is 6.51. The first-order valence-electron chi connectivity index (χ1n) is 9.38. The van der Waals surface area contributed by atoms with E-state index in [1.54, 1.807) is 12.5 Å². The van der Waals surface area contributed by atoms with Crippen LogP contribution in [0.4, 0.5) is 28.7 Å². The summed E-state index contributed by atoms with van der Waals surface area (Å²) in [6.07, 6.45) is 5.48. The van der Waals surface area contributed by atoms with Gasteiger partial charge in [-0.1, -0.05) is 36.4 Å². The van der Waals surface area contributed by atoms with Gasteiger partial charge in [-0.3, -0.25) is 4.98 Å². The molecule has 0 spiro atoms. The summed E-state index contributed by atoms with van der Waals surface area (Å²) in [5.74, 6) is 1.32. The molecule has 3 heterocycles. The number of hydrogen-bond donors (Lipinski definition) is 2. The van der Waals surface area contributed by atoms with E-state index < -0.39 is 0 Å². The average Bonchev–Trinajstić information content (AvgIpc) is 2.75. The second-order valence-corrected chi connectivity index (χ2v) is 6.85. The highest BCUT2D eigenvalue weighted by Crippen LogP contribution is 2.37. The molecule has 2 aromatic heterocycles. The van der Waals surface area contributed by atoms with Crippen LogP contribution in [0.1, 0.15) is 12.0 Å². The molecule has 1 aliphatic rings. The standard InChI is InChI=1S/C22H20N6/c23-19-21(27-17-10-3-7-16-8-4-12-24-20(16)17)25-14-26-22(19)28-13-5-9-15-6-1-2-11-18(15)28/h1-4,6-8,10-12,14H,5,9,13,23H2,(H,25,26,27). The van der Waals surface area contributed by atoms with Crippen molar-refractivity contribution in [3.63, 3.8) is 0 Å². The van der Waals surface area contributed by atoms with Crippen LogP contribution in [0.15, 0.2) is 67.1 Å². The molecule has 0 amide bonds. The van der Waals surface area contributed by atoms with Gasteiger partial charge in [0.15, 0.2) is 11.6 Å². The molecule has 0 unspecified atom stereocenters. The summed E-state index contributed by atoms with van der Waals surface area (Å²) in [4.78, 5) is 15.6. The van der Waals surface area contributed by atoms with Gasteiger partial charge in [0.2, 0.25) is 0 Å². The van der Waals surface area contributed by atoms with Gasteiger partial charge in [0.1, 0.15) is 12.0 Å². The fourth-order valence-corrected chi connectivity index (χ4v) is 3.79. The van der Waals surface area contributed by atoms with E-state index in [-0.39, 0.29) is 0 Å². The minimum Gasteiger partial charge on any atom is -0.393 e. The number of nitrogens with one attached hydrogen (secondary N) is 1. The molecule has 0 bridgehead atoms. The van der Waals surface area contributed by atoms with Gasteiger partial charge in [-0.25, -0.2) is 9.97 Å². The first-order valence-corrected chi connectivity index (χ1v) is 9.38. The number of nitrogen functional groups attached to an aromatic ring is 1. The Morgan fingerprint density at radius 2 is 1.82 bits per heavy atom. The lowest BCUT2D eigenvalue weighted by Crippen LogP contribution is -2.26. The zero-order valence-corrected chi connectivity index (χ0v) is 15.3. The zero-order chi connectivity index (χ0) is 18.9. The van der Waals surface area contributed by atoms with Gasteiger partial charge in [0, 0.05) is 23.8 Å². The fraction of sp³-hybridized carbons (Fsp3) is 0.136. The summed E-state index contributed by atoms with van der Waals surface area (Å²) in [5.41, 5.74) is 11.3. The van der Waals surface area contributed by atoms with Gasteiger partial charge in [0.05, 0.1) is 11.2 Å². The Hall–Kier alpha value is -3.67. The second-order valence-electron chi connectivity index (χ2n) is 6.85. The largest absolute Gasteiger partial charge is 0.393 e. The van der Waals surface area contributed by atoms with Crippen molar-refractivity contribution >= 4 is 39.6 Å². The molecular weight excluding hydrogens is 348 g/mol.